The molecule has 0 radical (unpaired) electrons. The Morgan fingerprint density at radius 1 is 1.64 bits per heavy atom. The van der Waals surface area contributed by atoms with E-state index in [2.05, 4.69) is 9.64 Å². The number of carbonyl (C=O) groups excluding carboxylic acids is 1. The third kappa shape index (κ3) is 3.25. The number of aliphatic hydroxyl groups excluding tert-OH is 1. The predicted molar refractivity (Wildman–Crippen MR) is 51.7 cm³/mol. The van der Waals surface area contributed by atoms with Crippen LogP contribution in [-0.4, -0.2) is 54.9 Å². The Balaban J connectivity index is 2.27. The molecule has 1 heterocycles. The average molecular weight is 202 g/mol. The average Bonchev–Trinajstić information content (AvgIpc) is 2.20. The number of piperidine rings is 1. The molecule has 0 spiro atoms. The second kappa shape index (κ2) is 5.29. The molecule has 0 amide bonds. The summed E-state index contributed by atoms with van der Waals surface area (Å²) in [6, 6.07) is -0.574. The van der Waals surface area contributed by atoms with Crippen LogP contribution in [0.5, 0.6) is 0 Å². The molecule has 0 aromatic heterocycles. The fourth-order valence-corrected chi connectivity index (χ4v) is 1.61. The van der Waals surface area contributed by atoms with Crippen LogP contribution in [0, 0.1) is 0 Å². The van der Waals surface area contributed by atoms with Crippen molar-refractivity contribution in [2.24, 2.45) is 5.73 Å². The summed E-state index contributed by atoms with van der Waals surface area (Å²) in [7, 11) is 1.34. The topological polar surface area (TPSA) is 75.8 Å². The lowest BCUT2D eigenvalue weighted by Crippen LogP contribution is -2.46. The van der Waals surface area contributed by atoms with E-state index in [9.17, 15) is 9.90 Å². The second-order valence-corrected chi connectivity index (χ2v) is 3.66. The maximum atomic E-state index is 11.0. The minimum Gasteiger partial charge on any atom is -0.468 e. The maximum absolute atomic E-state index is 11.0. The lowest BCUT2D eigenvalue weighted by Gasteiger charge is -2.30. The van der Waals surface area contributed by atoms with Gasteiger partial charge in [-0.25, -0.2) is 0 Å². The molecular weight excluding hydrogens is 184 g/mol. The van der Waals surface area contributed by atoms with Crippen molar-refractivity contribution in [1.82, 2.24) is 4.90 Å². The fourth-order valence-electron chi connectivity index (χ4n) is 1.61. The number of carbonyl (C=O) groups is 1. The van der Waals surface area contributed by atoms with Gasteiger partial charge in [-0.05, 0) is 12.8 Å². The molecule has 1 unspecified atom stereocenters. The van der Waals surface area contributed by atoms with Gasteiger partial charge < -0.3 is 20.5 Å². The van der Waals surface area contributed by atoms with Gasteiger partial charge in [-0.15, -0.1) is 0 Å². The minimum absolute atomic E-state index is 0.194. The van der Waals surface area contributed by atoms with Crippen molar-refractivity contribution in [2.75, 3.05) is 26.7 Å². The van der Waals surface area contributed by atoms with Crippen molar-refractivity contribution in [3.05, 3.63) is 0 Å². The van der Waals surface area contributed by atoms with Crippen LogP contribution in [-0.2, 0) is 9.53 Å². The van der Waals surface area contributed by atoms with E-state index in [0.717, 1.165) is 25.9 Å². The van der Waals surface area contributed by atoms with Crippen molar-refractivity contribution in [3.8, 4) is 0 Å². The van der Waals surface area contributed by atoms with Crippen LogP contribution in [0.4, 0.5) is 0 Å². The molecule has 0 aromatic carbocycles. The van der Waals surface area contributed by atoms with Gasteiger partial charge in [0.05, 0.1) is 13.2 Å². The molecule has 5 nitrogen and oxygen atoms in total. The molecule has 14 heavy (non-hydrogen) atoms. The van der Waals surface area contributed by atoms with Gasteiger partial charge in [-0.1, -0.05) is 0 Å². The van der Waals surface area contributed by atoms with Crippen LogP contribution >= 0.6 is 0 Å². The molecule has 0 bridgehead atoms. The first-order valence-corrected chi connectivity index (χ1v) is 4.87. The number of nitrogens with two attached hydrogens (primary N) is 1. The summed E-state index contributed by atoms with van der Waals surface area (Å²) in [6.45, 7) is 2.11. The van der Waals surface area contributed by atoms with Gasteiger partial charge in [0.1, 0.15) is 6.04 Å². The lowest BCUT2D eigenvalue weighted by molar-refractivity contribution is -0.142. The number of ether oxygens (including phenoxy) is 1. The highest BCUT2D eigenvalue weighted by Crippen LogP contribution is 2.09. The van der Waals surface area contributed by atoms with E-state index in [1.165, 1.54) is 7.11 Å². The van der Waals surface area contributed by atoms with E-state index < -0.39 is 6.04 Å². The first kappa shape index (κ1) is 11.4. The summed E-state index contributed by atoms with van der Waals surface area (Å²) in [5.74, 6) is -0.379. The van der Waals surface area contributed by atoms with E-state index in [4.69, 9.17) is 5.73 Å². The van der Waals surface area contributed by atoms with Crippen LogP contribution in [0.25, 0.3) is 0 Å². The predicted octanol–water partition coefficient (Wildman–Crippen LogP) is -1.06. The van der Waals surface area contributed by atoms with E-state index in [1.54, 1.807) is 0 Å². The molecule has 1 rings (SSSR count). The van der Waals surface area contributed by atoms with E-state index >= 15 is 0 Å². The molecule has 0 aliphatic carbocycles. The molecule has 1 saturated heterocycles. The van der Waals surface area contributed by atoms with Crippen LogP contribution in [0.3, 0.4) is 0 Å². The summed E-state index contributed by atoms with van der Waals surface area (Å²) in [6.07, 6.45) is 1.32. The number of aliphatic hydroxyl groups is 1. The third-order valence-corrected chi connectivity index (χ3v) is 2.52. The largest absolute Gasteiger partial charge is 0.468 e. The standard InChI is InChI=1S/C9H18N2O3/c1-14-9(13)8(10)6-11-4-2-7(12)3-5-11/h7-8,12H,2-6,10H2,1H3. The van der Waals surface area contributed by atoms with Crippen molar-refractivity contribution in [1.29, 1.82) is 0 Å². The highest BCUT2D eigenvalue weighted by Gasteiger charge is 2.22. The van der Waals surface area contributed by atoms with Gasteiger partial charge >= 0.3 is 5.97 Å². The highest BCUT2D eigenvalue weighted by molar-refractivity contribution is 5.75. The smallest absolute Gasteiger partial charge is 0.323 e. The molecule has 1 aliphatic rings. The number of esters is 1. The maximum Gasteiger partial charge on any atom is 0.323 e. The molecule has 3 N–H and O–H groups in total. The number of hydrogen-bond donors (Lipinski definition) is 2. The second-order valence-electron chi connectivity index (χ2n) is 3.66. The monoisotopic (exact) mass is 202 g/mol. The van der Waals surface area contributed by atoms with Crippen LogP contribution in [0.2, 0.25) is 0 Å². The van der Waals surface area contributed by atoms with Crippen molar-refractivity contribution in [3.63, 3.8) is 0 Å². The van der Waals surface area contributed by atoms with Gasteiger partial charge in [-0.3, -0.25) is 4.79 Å². The number of nitrogens with zero attached hydrogens (tertiary/aromatic N) is 1. The Hall–Kier alpha value is -0.650. The van der Waals surface area contributed by atoms with Crippen LogP contribution in [0.1, 0.15) is 12.8 Å². The molecule has 0 saturated carbocycles. The van der Waals surface area contributed by atoms with Gasteiger partial charge in [0.15, 0.2) is 0 Å². The summed E-state index contributed by atoms with van der Waals surface area (Å²) in [5, 5.41) is 9.27. The zero-order chi connectivity index (χ0) is 10.6. The Labute approximate surface area is 83.8 Å². The van der Waals surface area contributed by atoms with E-state index in [0.29, 0.717) is 6.54 Å². The number of rotatable bonds is 3. The summed E-state index contributed by atoms with van der Waals surface area (Å²) < 4.78 is 4.53. The SMILES string of the molecule is COC(=O)C(N)CN1CCC(O)CC1. The zero-order valence-electron chi connectivity index (χ0n) is 8.48. The Morgan fingerprint density at radius 2 is 2.21 bits per heavy atom. The zero-order valence-corrected chi connectivity index (χ0v) is 8.48. The summed E-state index contributed by atoms with van der Waals surface area (Å²) >= 11 is 0. The van der Waals surface area contributed by atoms with E-state index in [-0.39, 0.29) is 12.1 Å². The quantitative estimate of drug-likeness (QED) is 0.571. The van der Waals surface area contributed by atoms with Gasteiger partial charge in [-0.2, -0.15) is 0 Å². The summed E-state index contributed by atoms with van der Waals surface area (Å²) in [5.41, 5.74) is 5.61. The number of methoxy groups -OCH3 is 1. The van der Waals surface area contributed by atoms with Crippen LogP contribution in [0.15, 0.2) is 0 Å². The first-order chi connectivity index (χ1) is 6.63. The Bertz CT molecular complexity index is 190. The van der Waals surface area contributed by atoms with Gasteiger partial charge in [0, 0.05) is 19.6 Å². The molecule has 82 valence electrons. The van der Waals surface area contributed by atoms with Crippen LogP contribution < -0.4 is 5.73 Å². The lowest BCUT2D eigenvalue weighted by atomic mass is 10.1. The first-order valence-electron chi connectivity index (χ1n) is 4.87. The molecule has 1 fully saturated rings. The van der Waals surface area contributed by atoms with Crippen molar-refractivity contribution >= 4 is 5.97 Å². The Morgan fingerprint density at radius 3 is 2.71 bits per heavy atom. The minimum atomic E-state index is -0.574. The fraction of sp³-hybridized carbons (Fsp3) is 0.889. The van der Waals surface area contributed by atoms with E-state index in [1.807, 2.05) is 0 Å². The molecular formula is C9H18N2O3. The highest BCUT2D eigenvalue weighted by atomic mass is 16.5. The molecule has 1 atom stereocenters. The normalized spacial score (nSPS) is 21.9. The number of likely N-dealkylation sites (tertiary alicyclic amines) is 1. The molecule has 0 aromatic rings. The third-order valence-electron chi connectivity index (χ3n) is 2.52. The number of hydrogen-bond acceptors (Lipinski definition) is 5. The van der Waals surface area contributed by atoms with Crippen molar-refractivity contribution in [2.45, 2.75) is 25.0 Å². The molecule has 5 heteroatoms. The van der Waals surface area contributed by atoms with Gasteiger partial charge in [0.25, 0.3) is 0 Å². The summed E-state index contributed by atoms with van der Waals surface area (Å²) in [4.78, 5) is 13.1. The van der Waals surface area contributed by atoms with Crippen molar-refractivity contribution < 1.29 is 14.6 Å². The van der Waals surface area contributed by atoms with Gasteiger partial charge in [0.2, 0.25) is 0 Å². The molecule has 1 aliphatic heterocycles. The Kier molecular flexibility index (Phi) is 4.31.